The summed E-state index contributed by atoms with van der Waals surface area (Å²) >= 11 is 14.6. The highest BCUT2D eigenvalue weighted by molar-refractivity contribution is 8.23. The first kappa shape index (κ1) is 10.5. The van der Waals surface area contributed by atoms with Gasteiger partial charge in [-0.05, 0) is 6.92 Å². The maximum Gasteiger partial charge on any atom is 0.133 e. The number of thiocarbonyl (C=S) groups is 2. The molecule has 0 aliphatic rings. The topological polar surface area (TPSA) is 38.0 Å². The standard InChI is InChI=1S/C4H8N2S4/c1-2(6-4(8)9)10-3(5)7/h2H,1H3,(H2,5,7)(H2,6,8,9). The second kappa shape index (κ2) is 5.17. The van der Waals surface area contributed by atoms with E-state index in [1.165, 1.54) is 11.8 Å². The van der Waals surface area contributed by atoms with Crippen molar-refractivity contribution in [1.29, 1.82) is 0 Å². The van der Waals surface area contributed by atoms with Crippen molar-refractivity contribution in [1.82, 2.24) is 5.32 Å². The van der Waals surface area contributed by atoms with E-state index >= 15 is 0 Å². The number of nitrogens with two attached hydrogens (primary N) is 1. The summed E-state index contributed by atoms with van der Waals surface area (Å²) in [5.74, 6) is 0. The van der Waals surface area contributed by atoms with E-state index in [1.54, 1.807) is 0 Å². The Bertz CT molecular complexity index is 130. The van der Waals surface area contributed by atoms with E-state index in [9.17, 15) is 0 Å². The summed E-state index contributed by atoms with van der Waals surface area (Å²) < 4.78 is 0.862. The molecule has 0 rings (SSSR count). The molecule has 0 saturated carbocycles. The lowest BCUT2D eigenvalue weighted by Crippen LogP contribution is -2.27. The lowest BCUT2D eigenvalue weighted by Gasteiger charge is -2.10. The van der Waals surface area contributed by atoms with Gasteiger partial charge in [-0.1, -0.05) is 36.2 Å². The van der Waals surface area contributed by atoms with Crippen molar-refractivity contribution in [2.75, 3.05) is 0 Å². The molecule has 0 spiro atoms. The Hall–Kier alpha value is 0.480. The Morgan fingerprint density at radius 2 is 2.20 bits per heavy atom. The third kappa shape index (κ3) is 6.60. The van der Waals surface area contributed by atoms with Crippen LogP contribution in [-0.2, 0) is 0 Å². The van der Waals surface area contributed by atoms with E-state index in [0.29, 0.717) is 8.64 Å². The van der Waals surface area contributed by atoms with Gasteiger partial charge in [-0.15, -0.1) is 12.6 Å². The van der Waals surface area contributed by atoms with Crippen molar-refractivity contribution >= 4 is 57.5 Å². The Balaban J connectivity index is 3.53. The molecule has 0 saturated heterocycles. The van der Waals surface area contributed by atoms with Crippen LogP contribution in [0.15, 0.2) is 0 Å². The molecule has 0 aliphatic heterocycles. The lowest BCUT2D eigenvalue weighted by molar-refractivity contribution is 0.927. The molecule has 1 atom stereocenters. The fraction of sp³-hybridized carbons (Fsp3) is 0.500. The molecule has 0 aromatic rings. The molecular weight excluding hydrogens is 204 g/mol. The van der Waals surface area contributed by atoms with E-state index in [0.717, 1.165) is 0 Å². The summed E-state index contributed by atoms with van der Waals surface area (Å²) in [6.07, 6.45) is 0. The molecule has 6 heteroatoms. The zero-order valence-corrected chi connectivity index (χ0v) is 8.67. The molecule has 1 unspecified atom stereocenters. The molecular formula is C4H8N2S4. The van der Waals surface area contributed by atoms with Crippen LogP contribution in [0.4, 0.5) is 0 Å². The van der Waals surface area contributed by atoms with Gasteiger partial charge in [0.2, 0.25) is 0 Å². The van der Waals surface area contributed by atoms with E-state index in [4.69, 9.17) is 5.73 Å². The highest BCUT2D eigenvalue weighted by atomic mass is 32.2. The number of rotatable bonds is 2. The van der Waals surface area contributed by atoms with Crippen molar-refractivity contribution < 1.29 is 0 Å². The summed E-state index contributed by atoms with van der Waals surface area (Å²) in [5.41, 5.74) is 5.26. The largest absolute Gasteiger partial charge is 0.385 e. The molecule has 0 aromatic carbocycles. The summed E-state index contributed by atoms with van der Waals surface area (Å²) in [4.78, 5) is 0. The maximum atomic E-state index is 5.26. The molecule has 0 amide bonds. The number of hydrogen-bond acceptors (Lipinski definition) is 3. The smallest absolute Gasteiger partial charge is 0.133 e. The van der Waals surface area contributed by atoms with Gasteiger partial charge in [-0.3, -0.25) is 0 Å². The minimum Gasteiger partial charge on any atom is -0.385 e. The highest BCUT2D eigenvalue weighted by Crippen LogP contribution is 2.06. The number of thiol groups is 1. The molecule has 0 heterocycles. The monoisotopic (exact) mass is 212 g/mol. The average molecular weight is 212 g/mol. The van der Waals surface area contributed by atoms with Gasteiger partial charge in [-0.2, -0.15) is 0 Å². The average Bonchev–Trinajstić information content (AvgIpc) is 1.58. The van der Waals surface area contributed by atoms with E-state index in [1.807, 2.05) is 6.92 Å². The van der Waals surface area contributed by atoms with Crippen LogP contribution in [0.25, 0.3) is 0 Å². The molecule has 10 heavy (non-hydrogen) atoms. The fourth-order valence-electron chi connectivity index (χ4n) is 0.378. The van der Waals surface area contributed by atoms with Crippen LogP contribution in [0.3, 0.4) is 0 Å². The molecule has 0 aliphatic carbocycles. The molecule has 2 nitrogen and oxygen atoms in total. The van der Waals surface area contributed by atoms with Crippen LogP contribution in [0.1, 0.15) is 6.92 Å². The van der Waals surface area contributed by atoms with Gasteiger partial charge in [0.25, 0.3) is 0 Å². The first-order valence-electron chi connectivity index (χ1n) is 2.48. The van der Waals surface area contributed by atoms with Crippen LogP contribution < -0.4 is 11.1 Å². The number of hydrogen-bond donors (Lipinski definition) is 3. The third-order valence-corrected chi connectivity index (χ3v) is 1.86. The Morgan fingerprint density at radius 3 is 2.50 bits per heavy atom. The second-order valence-electron chi connectivity index (χ2n) is 1.53. The first-order valence-corrected chi connectivity index (χ1v) is 4.62. The molecule has 3 N–H and O–H groups in total. The van der Waals surface area contributed by atoms with Crippen LogP contribution in [0.5, 0.6) is 0 Å². The van der Waals surface area contributed by atoms with Gasteiger partial charge < -0.3 is 11.1 Å². The fourth-order valence-corrected chi connectivity index (χ4v) is 1.87. The van der Waals surface area contributed by atoms with Crippen LogP contribution in [0, 0.1) is 0 Å². The van der Waals surface area contributed by atoms with Crippen molar-refractivity contribution in [2.45, 2.75) is 12.3 Å². The zero-order valence-electron chi connectivity index (χ0n) is 5.33. The molecule has 0 aromatic heterocycles. The first-order chi connectivity index (χ1) is 4.52. The van der Waals surface area contributed by atoms with Gasteiger partial charge in [0.05, 0.1) is 5.37 Å². The van der Waals surface area contributed by atoms with Crippen LogP contribution in [0.2, 0.25) is 0 Å². The Labute approximate surface area is 80.7 Å². The van der Waals surface area contributed by atoms with Crippen LogP contribution >= 0.6 is 48.8 Å². The SMILES string of the molecule is CC(NC(=S)S)SC(N)=S. The zero-order chi connectivity index (χ0) is 8.15. The minimum absolute atomic E-state index is 0.0995. The van der Waals surface area contributed by atoms with Crippen molar-refractivity contribution in [3.05, 3.63) is 0 Å². The normalized spacial score (nSPS) is 12.2. The quantitative estimate of drug-likeness (QED) is 0.363. The van der Waals surface area contributed by atoms with Gasteiger partial charge in [0.15, 0.2) is 0 Å². The lowest BCUT2D eigenvalue weighted by atomic mass is 10.8. The summed E-state index contributed by atoms with van der Waals surface area (Å²) in [6, 6.07) is 0. The molecule has 0 bridgehead atoms. The van der Waals surface area contributed by atoms with Crippen molar-refractivity contribution in [3.63, 3.8) is 0 Å². The predicted octanol–water partition coefficient (Wildman–Crippen LogP) is 1.11. The maximum absolute atomic E-state index is 5.26. The van der Waals surface area contributed by atoms with Gasteiger partial charge in [0.1, 0.15) is 8.64 Å². The third-order valence-electron chi connectivity index (χ3n) is 0.620. The van der Waals surface area contributed by atoms with Gasteiger partial charge in [-0.25, -0.2) is 0 Å². The molecule has 0 fully saturated rings. The molecule has 0 radical (unpaired) electrons. The second-order valence-corrected chi connectivity index (χ2v) is 4.77. The summed E-state index contributed by atoms with van der Waals surface area (Å²) in [5, 5.41) is 2.96. The predicted molar refractivity (Wildman–Crippen MR) is 58.6 cm³/mol. The highest BCUT2D eigenvalue weighted by Gasteiger charge is 2.02. The van der Waals surface area contributed by atoms with E-state index < -0.39 is 0 Å². The number of nitrogens with one attached hydrogen (secondary N) is 1. The number of thioether (sulfide) groups is 1. The molecule has 58 valence electrons. The van der Waals surface area contributed by atoms with Gasteiger partial charge >= 0.3 is 0 Å². The summed E-state index contributed by atoms with van der Waals surface area (Å²) in [6.45, 7) is 1.91. The Kier molecular flexibility index (Phi) is 5.42. The van der Waals surface area contributed by atoms with E-state index in [2.05, 4.69) is 42.4 Å². The van der Waals surface area contributed by atoms with Crippen molar-refractivity contribution in [2.24, 2.45) is 5.73 Å². The minimum atomic E-state index is 0.0995. The van der Waals surface area contributed by atoms with Crippen LogP contribution in [-0.4, -0.2) is 14.0 Å². The van der Waals surface area contributed by atoms with Crippen molar-refractivity contribution in [3.8, 4) is 0 Å². The summed E-state index contributed by atoms with van der Waals surface area (Å²) in [7, 11) is 0. The van der Waals surface area contributed by atoms with E-state index in [-0.39, 0.29) is 5.37 Å². The Morgan fingerprint density at radius 1 is 1.70 bits per heavy atom. The van der Waals surface area contributed by atoms with Gasteiger partial charge in [0, 0.05) is 0 Å².